The molecule has 0 aliphatic carbocycles. The maximum absolute atomic E-state index is 11.2. The third-order valence-electron chi connectivity index (χ3n) is 3.84. The van der Waals surface area contributed by atoms with Crippen LogP contribution in [0.5, 0.6) is 0 Å². The van der Waals surface area contributed by atoms with E-state index in [1.165, 1.54) is 12.0 Å². The van der Waals surface area contributed by atoms with E-state index in [9.17, 15) is 4.79 Å². The van der Waals surface area contributed by atoms with Crippen LogP contribution in [-0.2, 0) is 16.1 Å². The Bertz CT molecular complexity index is 523. The average molecular weight is 307 g/mol. The first-order chi connectivity index (χ1) is 10.1. The molecule has 1 fully saturated rings. The van der Waals surface area contributed by atoms with Crippen LogP contribution in [0.1, 0.15) is 23.1 Å². The highest BCUT2D eigenvalue weighted by atomic mass is 32.1. The van der Waals surface area contributed by atoms with Gasteiger partial charge in [0.2, 0.25) is 0 Å². The number of piperazine rings is 1. The summed E-state index contributed by atoms with van der Waals surface area (Å²) in [6.45, 7) is 6.80. The quantitative estimate of drug-likeness (QED) is 0.775. The van der Waals surface area contributed by atoms with Gasteiger partial charge in [0.25, 0.3) is 0 Å². The number of ether oxygens (including phenoxy) is 1. The van der Waals surface area contributed by atoms with Gasteiger partial charge < -0.3 is 4.74 Å². The molecule has 6 heteroatoms. The molecule has 0 N–H and O–H groups in total. The fourth-order valence-corrected chi connectivity index (χ4v) is 3.41. The molecule has 1 aliphatic heterocycles. The van der Waals surface area contributed by atoms with E-state index in [0.29, 0.717) is 12.5 Å². The third-order valence-corrected chi connectivity index (χ3v) is 4.81. The smallest absolute Gasteiger partial charge is 0.306 e. The van der Waals surface area contributed by atoms with Gasteiger partial charge in [-0.3, -0.25) is 14.6 Å². The molecule has 0 saturated carbocycles. The zero-order chi connectivity index (χ0) is 15.2. The summed E-state index contributed by atoms with van der Waals surface area (Å²) in [5, 5.41) is 8.87. The molecular weight excluding hydrogens is 286 g/mol. The first-order valence-electron chi connectivity index (χ1n) is 7.14. The molecule has 114 valence electrons. The van der Waals surface area contributed by atoms with Crippen molar-refractivity contribution in [2.75, 3.05) is 33.3 Å². The second kappa shape index (κ2) is 7.55. The lowest BCUT2D eigenvalue weighted by molar-refractivity contribution is -0.141. The van der Waals surface area contributed by atoms with Crippen LogP contribution in [0.3, 0.4) is 0 Å². The maximum Gasteiger partial charge on any atom is 0.306 e. The molecule has 1 saturated heterocycles. The highest BCUT2D eigenvalue weighted by Crippen LogP contribution is 2.20. The van der Waals surface area contributed by atoms with Crippen molar-refractivity contribution in [3.63, 3.8) is 0 Å². The lowest BCUT2D eigenvalue weighted by Crippen LogP contribution is -2.51. The van der Waals surface area contributed by atoms with E-state index in [1.54, 1.807) is 11.3 Å². The summed E-state index contributed by atoms with van der Waals surface area (Å²) in [4.78, 5) is 17.9. The number of esters is 1. The van der Waals surface area contributed by atoms with Crippen LogP contribution in [0.25, 0.3) is 0 Å². The van der Waals surface area contributed by atoms with Crippen molar-refractivity contribution in [1.82, 2.24) is 9.80 Å². The lowest BCUT2D eigenvalue weighted by Gasteiger charge is -2.39. The standard InChI is InChI=1S/C15H21N3O2S/c1-12-10-17(6-5-15(19)20-2)7-8-18(12)11-14-4-3-13(9-16)21-14/h3-4,12H,5-8,10-11H2,1-2H3/t12-/m1/s1. The molecule has 0 spiro atoms. The van der Waals surface area contributed by atoms with Gasteiger partial charge in [0.1, 0.15) is 10.9 Å². The summed E-state index contributed by atoms with van der Waals surface area (Å²) in [5.41, 5.74) is 0. The maximum atomic E-state index is 11.2. The van der Waals surface area contributed by atoms with Gasteiger partial charge in [-0.05, 0) is 19.1 Å². The summed E-state index contributed by atoms with van der Waals surface area (Å²) in [6, 6.07) is 6.56. The highest BCUT2D eigenvalue weighted by Gasteiger charge is 2.24. The van der Waals surface area contributed by atoms with Crippen molar-refractivity contribution in [3.8, 4) is 6.07 Å². The van der Waals surface area contributed by atoms with Gasteiger partial charge in [-0.2, -0.15) is 5.26 Å². The Balaban J connectivity index is 1.81. The van der Waals surface area contributed by atoms with Gasteiger partial charge in [0.05, 0.1) is 13.5 Å². The number of hydrogen-bond donors (Lipinski definition) is 0. The van der Waals surface area contributed by atoms with Crippen LogP contribution >= 0.6 is 11.3 Å². The van der Waals surface area contributed by atoms with Crippen LogP contribution in [-0.4, -0.2) is 55.1 Å². The number of methoxy groups -OCH3 is 1. The zero-order valence-corrected chi connectivity index (χ0v) is 13.4. The molecule has 1 aromatic heterocycles. The summed E-state index contributed by atoms with van der Waals surface area (Å²) in [6.07, 6.45) is 0.458. The first-order valence-corrected chi connectivity index (χ1v) is 7.96. The van der Waals surface area contributed by atoms with E-state index in [0.717, 1.165) is 37.6 Å². The fourth-order valence-electron chi connectivity index (χ4n) is 2.58. The second-order valence-corrected chi connectivity index (χ2v) is 6.49. The number of nitrogens with zero attached hydrogens (tertiary/aromatic N) is 3. The molecule has 0 unspecified atom stereocenters. The molecule has 21 heavy (non-hydrogen) atoms. The highest BCUT2D eigenvalue weighted by molar-refractivity contribution is 7.12. The van der Waals surface area contributed by atoms with Crippen LogP contribution in [0.15, 0.2) is 12.1 Å². The van der Waals surface area contributed by atoms with Crippen molar-refractivity contribution in [2.24, 2.45) is 0 Å². The van der Waals surface area contributed by atoms with Crippen LogP contribution in [0.2, 0.25) is 0 Å². The number of rotatable bonds is 5. The molecule has 2 rings (SSSR count). The van der Waals surface area contributed by atoms with E-state index < -0.39 is 0 Å². The molecule has 0 aromatic carbocycles. The van der Waals surface area contributed by atoms with Crippen molar-refractivity contribution in [1.29, 1.82) is 5.26 Å². The van der Waals surface area contributed by atoms with E-state index >= 15 is 0 Å². The predicted molar refractivity (Wildman–Crippen MR) is 82.0 cm³/mol. The Morgan fingerprint density at radius 1 is 1.52 bits per heavy atom. The Morgan fingerprint density at radius 3 is 2.95 bits per heavy atom. The third kappa shape index (κ3) is 4.53. The van der Waals surface area contributed by atoms with E-state index in [2.05, 4.69) is 27.5 Å². The number of thiophene rings is 1. The Morgan fingerprint density at radius 2 is 2.33 bits per heavy atom. The number of carbonyl (C=O) groups is 1. The normalized spacial score (nSPS) is 20.1. The summed E-state index contributed by atoms with van der Waals surface area (Å²) >= 11 is 1.57. The molecule has 5 nitrogen and oxygen atoms in total. The minimum atomic E-state index is -0.146. The second-order valence-electron chi connectivity index (χ2n) is 5.32. The molecule has 0 amide bonds. The topological polar surface area (TPSA) is 56.6 Å². The molecule has 2 heterocycles. The number of carbonyl (C=O) groups excluding carboxylic acids is 1. The van der Waals surface area contributed by atoms with E-state index in [1.807, 2.05) is 12.1 Å². The van der Waals surface area contributed by atoms with Crippen molar-refractivity contribution < 1.29 is 9.53 Å². The van der Waals surface area contributed by atoms with Crippen molar-refractivity contribution >= 4 is 17.3 Å². The molecule has 1 aliphatic rings. The summed E-state index contributed by atoms with van der Waals surface area (Å²) in [5.74, 6) is -0.146. The monoisotopic (exact) mass is 307 g/mol. The fraction of sp³-hybridized carbons (Fsp3) is 0.600. The van der Waals surface area contributed by atoms with Crippen LogP contribution in [0, 0.1) is 11.3 Å². The molecule has 1 atom stereocenters. The van der Waals surface area contributed by atoms with Crippen LogP contribution in [0.4, 0.5) is 0 Å². The minimum absolute atomic E-state index is 0.146. The van der Waals surface area contributed by atoms with E-state index in [-0.39, 0.29) is 5.97 Å². The van der Waals surface area contributed by atoms with Gasteiger partial charge in [0, 0.05) is 43.6 Å². The largest absolute Gasteiger partial charge is 0.469 e. The summed E-state index contributed by atoms with van der Waals surface area (Å²) in [7, 11) is 1.43. The Kier molecular flexibility index (Phi) is 5.74. The number of hydrogen-bond acceptors (Lipinski definition) is 6. The van der Waals surface area contributed by atoms with Gasteiger partial charge >= 0.3 is 5.97 Å². The first kappa shape index (κ1) is 16.0. The van der Waals surface area contributed by atoms with Crippen molar-refractivity contribution in [2.45, 2.75) is 25.9 Å². The molecule has 0 radical (unpaired) electrons. The SMILES string of the molecule is COC(=O)CCN1CCN(Cc2ccc(C#N)s2)[C@H](C)C1. The molecule has 0 bridgehead atoms. The molecule has 1 aromatic rings. The molecular formula is C15H21N3O2S. The van der Waals surface area contributed by atoms with Gasteiger partial charge in [-0.1, -0.05) is 0 Å². The van der Waals surface area contributed by atoms with E-state index in [4.69, 9.17) is 5.26 Å². The van der Waals surface area contributed by atoms with Gasteiger partial charge in [-0.15, -0.1) is 11.3 Å². The summed E-state index contributed by atoms with van der Waals surface area (Å²) < 4.78 is 4.68. The lowest BCUT2D eigenvalue weighted by atomic mass is 10.2. The number of nitriles is 1. The minimum Gasteiger partial charge on any atom is -0.469 e. The average Bonchev–Trinajstić information content (AvgIpc) is 2.95. The van der Waals surface area contributed by atoms with Gasteiger partial charge in [-0.25, -0.2) is 0 Å². The predicted octanol–water partition coefficient (Wildman–Crippen LogP) is 1.69. The zero-order valence-electron chi connectivity index (χ0n) is 12.5. The van der Waals surface area contributed by atoms with Crippen LogP contribution < -0.4 is 0 Å². The Hall–Kier alpha value is -1.42. The van der Waals surface area contributed by atoms with Crippen molar-refractivity contribution in [3.05, 3.63) is 21.9 Å². The Labute approximate surface area is 129 Å². The van der Waals surface area contributed by atoms with Gasteiger partial charge in [0.15, 0.2) is 0 Å².